The third-order valence-electron chi connectivity index (χ3n) is 1.23. The van der Waals surface area contributed by atoms with Crippen molar-refractivity contribution >= 4 is 22.8 Å². The summed E-state index contributed by atoms with van der Waals surface area (Å²) in [5, 5.41) is 0. The van der Waals surface area contributed by atoms with Crippen LogP contribution in [0.4, 0.5) is 0 Å². The normalized spacial score (nSPS) is 11.8. The first kappa shape index (κ1) is 12.7. The van der Waals surface area contributed by atoms with Gasteiger partial charge >= 0.3 is 29.6 Å². The fraction of sp³-hybridized carbons (Fsp3) is 0.143. The van der Waals surface area contributed by atoms with Crippen molar-refractivity contribution < 1.29 is 38.3 Å². The van der Waals surface area contributed by atoms with Gasteiger partial charge in [-0.05, 0) is 35.5 Å². The van der Waals surface area contributed by atoms with Crippen LogP contribution in [0.15, 0.2) is 34.1 Å². The molecule has 0 heterocycles. The van der Waals surface area contributed by atoms with Crippen LogP contribution in [0.1, 0.15) is 0 Å². The van der Waals surface area contributed by atoms with Crippen molar-refractivity contribution in [2.45, 2.75) is 9.79 Å². The van der Waals surface area contributed by atoms with E-state index < -0.39 is 11.1 Å². The summed E-state index contributed by atoms with van der Waals surface area (Å²) in [6.07, 6.45) is 1.91. The fourth-order valence-electron chi connectivity index (χ4n) is 0.705. The van der Waals surface area contributed by atoms with Crippen molar-refractivity contribution in [2.24, 2.45) is 0 Å². The van der Waals surface area contributed by atoms with Crippen LogP contribution in [-0.4, -0.2) is 15.0 Å². The second-order valence-electron chi connectivity index (χ2n) is 1.91. The number of benzene rings is 1. The maximum atomic E-state index is 10.5. The average molecular weight is 210 g/mol. The first-order valence-electron chi connectivity index (χ1n) is 2.97. The van der Waals surface area contributed by atoms with Crippen LogP contribution in [0.25, 0.3) is 0 Å². The third-order valence-corrected chi connectivity index (χ3v) is 2.60. The zero-order valence-electron chi connectivity index (χ0n) is 6.94. The summed E-state index contributed by atoms with van der Waals surface area (Å²) in [6, 6.07) is 6.83. The Labute approximate surface area is 101 Å². The largest absolute Gasteiger partial charge is 1.00 e. The molecule has 12 heavy (non-hydrogen) atoms. The maximum Gasteiger partial charge on any atom is 1.00 e. The van der Waals surface area contributed by atoms with E-state index in [-0.39, 0.29) is 29.6 Å². The Morgan fingerprint density at radius 3 is 2.67 bits per heavy atom. The zero-order valence-corrected chi connectivity index (χ0v) is 10.6. The molecule has 0 aliphatic carbocycles. The van der Waals surface area contributed by atoms with Crippen molar-refractivity contribution in [3.63, 3.8) is 0 Å². The molecule has 0 bridgehead atoms. The molecule has 0 saturated heterocycles. The minimum Gasteiger partial charge on any atom is -0.768 e. The first-order chi connectivity index (χ1) is 5.24. The molecule has 0 saturated carbocycles. The minimum absolute atomic E-state index is 0. The Balaban J connectivity index is 0.00000121. The topological polar surface area (TPSA) is 40.1 Å². The predicted octanol–water partition coefficient (Wildman–Crippen LogP) is -1.35. The molecule has 0 aliphatic rings. The van der Waals surface area contributed by atoms with Crippen molar-refractivity contribution in [3.05, 3.63) is 24.3 Å². The van der Waals surface area contributed by atoms with Crippen LogP contribution in [-0.2, 0) is 11.1 Å². The summed E-state index contributed by atoms with van der Waals surface area (Å²) in [5.41, 5.74) is 0. The van der Waals surface area contributed by atoms with E-state index >= 15 is 0 Å². The van der Waals surface area contributed by atoms with Gasteiger partial charge in [-0.2, -0.15) is 0 Å². The third kappa shape index (κ3) is 3.60. The monoisotopic (exact) mass is 210 g/mol. The van der Waals surface area contributed by atoms with Crippen LogP contribution < -0.4 is 29.6 Å². The van der Waals surface area contributed by atoms with E-state index in [0.29, 0.717) is 4.90 Å². The van der Waals surface area contributed by atoms with Crippen LogP contribution >= 0.6 is 11.8 Å². The van der Waals surface area contributed by atoms with Gasteiger partial charge in [0.05, 0.1) is 0 Å². The van der Waals surface area contributed by atoms with Crippen molar-refractivity contribution in [1.29, 1.82) is 0 Å². The van der Waals surface area contributed by atoms with E-state index in [1.807, 2.05) is 12.3 Å². The Kier molecular flexibility index (Phi) is 6.53. The van der Waals surface area contributed by atoms with Gasteiger partial charge in [0.15, 0.2) is 0 Å². The molecule has 0 fully saturated rings. The standard InChI is InChI=1S/C7H8O2S2.Na/c1-10-6-3-2-4-7(5-6)11(8)9;/h2-5H,1H3,(H,8,9);/q;+1/p-1. The Morgan fingerprint density at radius 2 is 2.17 bits per heavy atom. The Morgan fingerprint density at radius 1 is 1.50 bits per heavy atom. The van der Waals surface area contributed by atoms with E-state index in [1.165, 1.54) is 11.8 Å². The molecular formula is C7H7NaO2S2. The van der Waals surface area contributed by atoms with E-state index in [0.717, 1.165) is 4.90 Å². The number of thioether (sulfide) groups is 1. The smallest absolute Gasteiger partial charge is 0.768 e. The van der Waals surface area contributed by atoms with Gasteiger partial charge in [0.2, 0.25) is 0 Å². The summed E-state index contributed by atoms with van der Waals surface area (Å²) in [7, 11) is 0. The van der Waals surface area contributed by atoms with E-state index in [2.05, 4.69) is 0 Å². The Bertz CT molecular complexity index is 278. The van der Waals surface area contributed by atoms with Gasteiger partial charge < -0.3 is 4.55 Å². The second kappa shape index (κ2) is 6.18. The molecule has 60 valence electrons. The van der Waals surface area contributed by atoms with Gasteiger partial charge in [-0.15, -0.1) is 11.8 Å². The molecular weight excluding hydrogens is 203 g/mol. The van der Waals surface area contributed by atoms with Crippen LogP contribution in [0.5, 0.6) is 0 Å². The summed E-state index contributed by atoms with van der Waals surface area (Å²) in [6.45, 7) is 0. The average Bonchev–Trinajstić information content (AvgIpc) is 2.05. The molecule has 0 N–H and O–H groups in total. The molecule has 0 spiro atoms. The molecule has 1 unspecified atom stereocenters. The van der Waals surface area contributed by atoms with Crippen molar-refractivity contribution in [2.75, 3.05) is 6.26 Å². The number of hydrogen-bond donors (Lipinski definition) is 0. The molecule has 1 rings (SSSR count). The molecule has 0 aromatic heterocycles. The van der Waals surface area contributed by atoms with Gasteiger partial charge in [0, 0.05) is 9.79 Å². The number of rotatable bonds is 2. The van der Waals surface area contributed by atoms with Crippen LogP contribution in [0.3, 0.4) is 0 Å². The maximum absolute atomic E-state index is 10.5. The van der Waals surface area contributed by atoms with Gasteiger partial charge in [0.25, 0.3) is 0 Å². The zero-order chi connectivity index (χ0) is 8.27. The molecule has 1 atom stereocenters. The molecule has 0 radical (unpaired) electrons. The fourth-order valence-corrected chi connectivity index (χ4v) is 1.65. The van der Waals surface area contributed by atoms with Crippen molar-refractivity contribution in [1.82, 2.24) is 0 Å². The summed E-state index contributed by atoms with van der Waals surface area (Å²) >= 11 is -0.577. The minimum atomic E-state index is -2.10. The van der Waals surface area contributed by atoms with Crippen LogP contribution in [0.2, 0.25) is 0 Å². The summed E-state index contributed by atoms with van der Waals surface area (Å²) in [5.74, 6) is 0. The summed E-state index contributed by atoms with van der Waals surface area (Å²) in [4.78, 5) is 1.31. The van der Waals surface area contributed by atoms with E-state index in [9.17, 15) is 8.76 Å². The quantitative estimate of drug-likeness (QED) is 0.344. The summed E-state index contributed by atoms with van der Waals surface area (Å²) < 4.78 is 20.9. The molecule has 1 aromatic carbocycles. The first-order valence-corrected chi connectivity index (χ1v) is 5.27. The van der Waals surface area contributed by atoms with Gasteiger partial charge in [-0.3, -0.25) is 4.21 Å². The van der Waals surface area contributed by atoms with Gasteiger partial charge in [0.1, 0.15) is 0 Å². The van der Waals surface area contributed by atoms with Gasteiger partial charge in [-0.25, -0.2) is 0 Å². The molecule has 1 aromatic rings. The SMILES string of the molecule is CSc1cccc(S(=O)[O-])c1.[Na+]. The van der Waals surface area contributed by atoms with E-state index in [1.54, 1.807) is 18.2 Å². The molecule has 5 heteroatoms. The van der Waals surface area contributed by atoms with Crippen molar-refractivity contribution in [3.8, 4) is 0 Å². The second-order valence-corrected chi connectivity index (χ2v) is 3.73. The molecule has 0 amide bonds. The Hall–Kier alpha value is 0.680. The molecule has 0 aliphatic heterocycles. The number of hydrogen-bond acceptors (Lipinski definition) is 3. The predicted molar refractivity (Wildman–Crippen MR) is 45.4 cm³/mol. The van der Waals surface area contributed by atoms with E-state index in [4.69, 9.17) is 0 Å². The van der Waals surface area contributed by atoms with Crippen LogP contribution in [0, 0.1) is 0 Å². The molecule has 2 nitrogen and oxygen atoms in total. The van der Waals surface area contributed by atoms with Gasteiger partial charge in [-0.1, -0.05) is 6.07 Å².